The van der Waals surface area contributed by atoms with E-state index in [1.807, 2.05) is 37.3 Å². The van der Waals surface area contributed by atoms with Crippen LogP contribution in [0.5, 0.6) is 0 Å². The molecule has 0 saturated carbocycles. The van der Waals surface area contributed by atoms with Gasteiger partial charge in [-0.25, -0.2) is 4.98 Å². The highest BCUT2D eigenvalue weighted by molar-refractivity contribution is 7.98. The Bertz CT molecular complexity index is 949. The zero-order chi connectivity index (χ0) is 17.1. The first kappa shape index (κ1) is 16.3. The lowest BCUT2D eigenvalue weighted by molar-refractivity contribution is 0.100. The topological polar surface area (TPSA) is 78.0 Å². The van der Waals surface area contributed by atoms with Crippen molar-refractivity contribution in [1.29, 1.82) is 0 Å². The summed E-state index contributed by atoms with van der Waals surface area (Å²) in [6, 6.07) is 14.5. The maximum Gasteiger partial charge on any atom is 0.262 e. The van der Waals surface area contributed by atoms with Crippen molar-refractivity contribution in [2.45, 2.75) is 24.4 Å². The van der Waals surface area contributed by atoms with E-state index in [0.29, 0.717) is 33.9 Å². The third-order valence-electron chi connectivity index (χ3n) is 3.75. The summed E-state index contributed by atoms with van der Waals surface area (Å²) < 4.78 is 1.69. The van der Waals surface area contributed by atoms with Crippen LogP contribution < -0.4 is 11.3 Å². The molecule has 122 valence electrons. The number of primary amides is 1. The van der Waals surface area contributed by atoms with Crippen molar-refractivity contribution in [1.82, 2.24) is 9.55 Å². The first-order chi connectivity index (χ1) is 11.6. The van der Waals surface area contributed by atoms with Gasteiger partial charge < -0.3 is 5.73 Å². The minimum absolute atomic E-state index is 0.0188. The third-order valence-corrected chi connectivity index (χ3v) is 4.80. The van der Waals surface area contributed by atoms with Gasteiger partial charge in [0.05, 0.1) is 10.9 Å². The molecule has 0 aliphatic rings. The molecule has 0 radical (unpaired) electrons. The van der Waals surface area contributed by atoms with E-state index in [-0.39, 0.29) is 5.56 Å². The lowest BCUT2D eigenvalue weighted by Gasteiger charge is -2.11. The Morgan fingerprint density at radius 3 is 2.54 bits per heavy atom. The fourth-order valence-electron chi connectivity index (χ4n) is 2.45. The summed E-state index contributed by atoms with van der Waals surface area (Å²) >= 11 is 1.50. The van der Waals surface area contributed by atoms with Crippen molar-refractivity contribution in [3.63, 3.8) is 0 Å². The van der Waals surface area contributed by atoms with Crippen LogP contribution in [0.3, 0.4) is 0 Å². The molecule has 6 heteroatoms. The highest BCUT2D eigenvalue weighted by atomic mass is 32.2. The standard InChI is InChI=1S/C18H17N3O2S/c1-2-21-17(23)14-5-3-4-6-15(14)20-18(21)24-11-12-7-9-13(10-8-12)16(19)22/h3-10H,2,11H2,1H3,(H2,19,22). The van der Waals surface area contributed by atoms with Crippen LogP contribution in [0, 0.1) is 0 Å². The lowest BCUT2D eigenvalue weighted by atomic mass is 10.1. The van der Waals surface area contributed by atoms with Crippen LogP contribution in [-0.2, 0) is 12.3 Å². The minimum atomic E-state index is -0.440. The molecule has 0 unspecified atom stereocenters. The Morgan fingerprint density at radius 2 is 1.88 bits per heavy atom. The van der Waals surface area contributed by atoms with Gasteiger partial charge in [0.25, 0.3) is 5.56 Å². The fraction of sp³-hybridized carbons (Fsp3) is 0.167. The number of rotatable bonds is 5. The van der Waals surface area contributed by atoms with Gasteiger partial charge in [-0.15, -0.1) is 0 Å². The van der Waals surface area contributed by atoms with Crippen LogP contribution in [0.15, 0.2) is 58.5 Å². The van der Waals surface area contributed by atoms with E-state index in [9.17, 15) is 9.59 Å². The van der Waals surface area contributed by atoms with E-state index in [0.717, 1.165) is 5.56 Å². The van der Waals surface area contributed by atoms with Gasteiger partial charge in [-0.3, -0.25) is 14.2 Å². The monoisotopic (exact) mass is 339 g/mol. The molecule has 0 saturated heterocycles. The second kappa shape index (κ2) is 6.88. The Balaban J connectivity index is 1.89. The number of aromatic nitrogens is 2. The smallest absolute Gasteiger partial charge is 0.262 e. The van der Waals surface area contributed by atoms with Crippen LogP contribution in [0.2, 0.25) is 0 Å². The Morgan fingerprint density at radius 1 is 1.17 bits per heavy atom. The predicted molar refractivity (Wildman–Crippen MR) is 96.2 cm³/mol. The predicted octanol–water partition coefficient (Wildman–Crippen LogP) is 2.81. The molecule has 0 bridgehead atoms. The van der Waals surface area contributed by atoms with Gasteiger partial charge in [-0.2, -0.15) is 0 Å². The normalized spacial score (nSPS) is 10.9. The molecule has 1 heterocycles. The minimum Gasteiger partial charge on any atom is -0.366 e. The maximum atomic E-state index is 12.6. The number of amides is 1. The zero-order valence-electron chi connectivity index (χ0n) is 13.2. The van der Waals surface area contributed by atoms with Crippen molar-refractivity contribution in [2.24, 2.45) is 5.73 Å². The molecule has 0 atom stereocenters. The third kappa shape index (κ3) is 3.19. The van der Waals surface area contributed by atoms with Crippen molar-refractivity contribution in [3.05, 3.63) is 70.0 Å². The number of hydrogen-bond donors (Lipinski definition) is 1. The van der Waals surface area contributed by atoms with Crippen LogP contribution in [0.4, 0.5) is 0 Å². The van der Waals surface area contributed by atoms with Gasteiger partial charge in [0.1, 0.15) is 0 Å². The van der Waals surface area contributed by atoms with Gasteiger partial charge in [0, 0.05) is 17.9 Å². The summed E-state index contributed by atoms with van der Waals surface area (Å²) in [6.45, 7) is 2.50. The highest BCUT2D eigenvalue weighted by Crippen LogP contribution is 2.22. The largest absolute Gasteiger partial charge is 0.366 e. The summed E-state index contributed by atoms with van der Waals surface area (Å²) in [5, 5.41) is 1.33. The van der Waals surface area contributed by atoms with Crippen LogP contribution >= 0.6 is 11.8 Å². The van der Waals surface area contributed by atoms with E-state index in [2.05, 4.69) is 4.98 Å². The summed E-state index contributed by atoms with van der Waals surface area (Å²) in [4.78, 5) is 28.3. The van der Waals surface area contributed by atoms with Gasteiger partial charge in [0.15, 0.2) is 5.16 Å². The summed E-state index contributed by atoms with van der Waals surface area (Å²) in [6.07, 6.45) is 0. The molecule has 2 N–H and O–H groups in total. The van der Waals surface area contributed by atoms with Gasteiger partial charge in [-0.05, 0) is 36.8 Å². The van der Waals surface area contributed by atoms with Crippen LogP contribution in [-0.4, -0.2) is 15.5 Å². The molecular weight excluding hydrogens is 322 g/mol. The second-order valence-corrected chi connectivity index (χ2v) is 6.25. The molecule has 1 amide bonds. The van der Waals surface area contributed by atoms with E-state index in [1.165, 1.54) is 11.8 Å². The summed E-state index contributed by atoms with van der Waals surface area (Å²) in [5.74, 6) is 0.217. The van der Waals surface area contributed by atoms with Crippen molar-refractivity contribution in [2.75, 3.05) is 0 Å². The number of para-hydroxylation sites is 1. The maximum absolute atomic E-state index is 12.6. The van der Waals surface area contributed by atoms with E-state index in [4.69, 9.17) is 5.73 Å². The lowest BCUT2D eigenvalue weighted by Crippen LogP contribution is -2.22. The highest BCUT2D eigenvalue weighted by Gasteiger charge is 2.10. The number of thioether (sulfide) groups is 1. The molecule has 1 aromatic heterocycles. The Kier molecular flexibility index (Phi) is 4.66. The average Bonchev–Trinajstić information content (AvgIpc) is 2.60. The van der Waals surface area contributed by atoms with Crippen molar-refractivity contribution < 1.29 is 4.79 Å². The molecule has 0 fully saturated rings. The average molecular weight is 339 g/mol. The molecule has 24 heavy (non-hydrogen) atoms. The van der Waals surface area contributed by atoms with E-state index < -0.39 is 5.91 Å². The number of fused-ring (bicyclic) bond motifs is 1. The Labute approximate surface area is 143 Å². The van der Waals surface area contributed by atoms with Crippen molar-refractivity contribution >= 4 is 28.6 Å². The van der Waals surface area contributed by atoms with Crippen LogP contribution in [0.25, 0.3) is 10.9 Å². The quantitative estimate of drug-likeness (QED) is 0.573. The number of nitrogens with two attached hydrogens (primary N) is 1. The second-order valence-electron chi connectivity index (χ2n) is 5.31. The number of carbonyl (C=O) groups excluding carboxylic acids is 1. The molecule has 0 aliphatic heterocycles. The Hall–Kier alpha value is -2.60. The molecule has 0 aliphatic carbocycles. The van der Waals surface area contributed by atoms with Gasteiger partial charge in [-0.1, -0.05) is 36.0 Å². The molecule has 0 spiro atoms. The molecule has 3 rings (SSSR count). The number of carbonyl (C=O) groups is 1. The van der Waals surface area contributed by atoms with Gasteiger partial charge in [0.2, 0.25) is 5.91 Å². The number of benzene rings is 2. The van der Waals surface area contributed by atoms with Gasteiger partial charge >= 0.3 is 0 Å². The van der Waals surface area contributed by atoms with Crippen molar-refractivity contribution in [3.8, 4) is 0 Å². The number of nitrogens with zero attached hydrogens (tertiary/aromatic N) is 2. The molecule has 3 aromatic rings. The van der Waals surface area contributed by atoms with Crippen LogP contribution in [0.1, 0.15) is 22.8 Å². The fourth-order valence-corrected chi connectivity index (χ4v) is 3.47. The first-order valence-corrected chi connectivity index (χ1v) is 8.60. The molecule has 5 nitrogen and oxygen atoms in total. The number of hydrogen-bond acceptors (Lipinski definition) is 4. The summed E-state index contributed by atoms with van der Waals surface area (Å²) in [5.41, 5.74) is 7.45. The van der Waals surface area contributed by atoms with E-state index >= 15 is 0 Å². The molecule has 2 aromatic carbocycles. The zero-order valence-corrected chi connectivity index (χ0v) is 14.0. The SMILES string of the molecule is CCn1c(SCc2ccc(C(N)=O)cc2)nc2ccccc2c1=O. The molecular formula is C18H17N3O2S. The first-order valence-electron chi connectivity index (χ1n) is 7.61. The summed E-state index contributed by atoms with van der Waals surface area (Å²) in [7, 11) is 0. The van der Waals surface area contributed by atoms with E-state index in [1.54, 1.807) is 22.8 Å².